The molecule has 0 saturated carbocycles. The van der Waals surface area contributed by atoms with Crippen LogP contribution in [-0.4, -0.2) is 16.3 Å². The third kappa shape index (κ3) is 2.41. The molecule has 1 unspecified atom stereocenters. The Morgan fingerprint density at radius 2 is 1.41 bits per heavy atom. The smallest absolute Gasteiger partial charge is 0.137 e. The van der Waals surface area contributed by atoms with Crippen molar-refractivity contribution in [3.8, 4) is 0 Å². The van der Waals surface area contributed by atoms with Crippen molar-refractivity contribution in [3.63, 3.8) is 0 Å². The fourth-order valence-corrected chi connectivity index (χ4v) is 3.13. The number of allylic oxidation sites excluding steroid dienone is 2. The van der Waals surface area contributed by atoms with Crippen LogP contribution in [0.2, 0.25) is 0 Å². The fraction of sp³-hybridized carbons (Fsp3) is 0.200. The van der Waals surface area contributed by atoms with Crippen LogP contribution in [0.5, 0.6) is 0 Å². The van der Waals surface area contributed by atoms with Crippen LogP contribution < -0.4 is 0 Å². The van der Waals surface area contributed by atoms with E-state index >= 15 is 0 Å². The molecule has 0 aromatic heterocycles. The highest BCUT2D eigenvalue weighted by Gasteiger charge is 2.40. The Kier molecular flexibility index (Phi) is 3.97. The molecule has 3 rings (SSSR count). The van der Waals surface area contributed by atoms with E-state index in [9.17, 15) is 10.2 Å². The van der Waals surface area contributed by atoms with Crippen LogP contribution in [0.1, 0.15) is 18.1 Å². The van der Waals surface area contributed by atoms with E-state index in [1.807, 2.05) is 78.9 Å². The monoisotopic (exact) mass is 292 g/mol. The first-order valence-corrected chi connectivity index (χ1v) is 7.54. The predicted octanol–water partition coefficient (Wildman–Crippen LogP) is 3.42. The molecule has 0 bridgehead atoms. The van der Waals surface area contributed by atoms with Gasteiger partial charge < -0.3 is 10.2 Å². The molecule has 0 aliphatic heterocycles. The minimum atomic E-state index is -1.24. The Morgan fingerprint density at radius 3 is 1.86 bits per heavy atom. The molecule has 0 radical (unpaired) electrons. The number of aliphatic hydroxyl groups excluding tert-OH is 1. The molecule has 112 valence electrons. The summed E-state index contributed by atoms with van der Waals surface area (Å²) in [6.45, 7) is 1.75. The second-order valence-corrected chi connectivity index (χ2v) is 5.72. The summed E-state index contributed by atoms with van der Waals surface area (Å²) in [6, 6.07) is 19.2. The Hall–Kier alpha value is -2.16. The molecule has 2 atom stereocenters. The van der Waals surface area contributed by atoms with Crippen molar-refractivity contribution in [1.82, 2.24) is 0 Å². The zero-order valence-corrected chi connectivity index (χ0v) is 12.6. The van der Waals surface area contributed by atoms with E-state index in [1.165, 1.54) is 0 Å². The molecule has 2 nitrogen and oxygen atoms in total. The molecule has 2 heteroatoms. The van der Waals surface area contributed by atoms with Crippen LogP contribution in [0.3, 0.4) is 0 Å². The first-order valence-electron chi connectivity index (χ1n) is 7.54. The van der Waals surface area contributed by atoms with Crippen molar-refractivity contribution >= 4 is 0 Å². The van der Waals surface area contributed by atoms with Crippen molar-refractivity contribution in [3.05, 3.63) is 95.6 Å². The second-order valence-electron chi connectivity index (χ2n) is 5.72. The molecule has 0 heterocycles. The van der Waals surface area contributed by atoms with Gasteiger partial charge in [-0.3, -0.25) is 0 Å². The highest BCUT2D eigenvalue weighted by molar-refractivity contribution is 5.50. The number of aliphatic hydroxyl groups is 2. The maximum atomic E-state index is 11.7. The van der Waals surface area contributed by atoms with Crippen molar-refractivity contribution < 1.29 is 10.2 Å². The summed E-state index contributed by atoms with van der Waals surface area (Å²) >= 11 is 0. The molecular weight excluding hydrogens is 272 g/mol. The van der Waals surface area contributed by atoms with Crippen LogP contribution in [0.25, 0.3) is 0 Å². The lowest BCUT2D eigenvalue weighted by Crippen LogP contribution is -2.35. The molecule has 1 aliphatic rings. The van der Waals surface area contributed by atoms with Gasteiger partial charge in [0.1, 0.15) is 5.60 Å². The molecule has 0 amide bonds. The lowest BCUT2D eigenvalue weighted by atomic mass is 9.75. The Balaban J connectivity index is 2.17. The zero-order chi connectivity index (χ0) is 15.6. The summed E-state index contributed by atoms with van der Waals surface area (Å²) in [4.78, 5) is 0. The van der Waals surface area contributed by atoms with Gasteiger partial charge in [-0.15, -0.1) is 0 Å². The Morgan fingerprint density at radius 1 is 0.909 bits per heavy atom. The zero-order valence-electron chi connectivity index (χ0n) is 12.6. The minimum Gasteiger partial charge on any atom is -0.392 e. The quantitative estimate of drug-likeness (QED) is 0.906. The van der Waals surface area contributed by atoms with Gasteiger partial charge in [0.15, 0.2) is 0 Å². The van der Waals surface area contributed by atoms with E-state index in [-0.39, 0.29) is 5.92 Å². The SMILES string of the molecule is C[C@H](O)C1C=CC=C1C(O)(c1ccccc1)c1ccccc1. The fourth-order valence-electron chi connectivity index (χ4n) is 3.13. The third-order valence-electron chi connectivity index (χ3n) is 4.27. The third-order valence-corrected chi connectivity index (χ3v) is 4.27. The standard InChI is InChI=1S/C20H20O2/c1-15(21)18-13-8-14-19(18)20(22,16-9-4-2-5-10-16)17-11-6-3-7-12-17/h2-15,18,21-22H,1H3/t15-,18?/m0/s1. The highest BCUT2D eigenvalue weighted by Crippen LogP contribution is 2.43. The first-order chi connectivity index (χ1) is 10.6. The first kappa shape index (κ1) is 14.8. The number of hydrogen-bond donors (Lipinski definition) is 2. The van der Waals surface area contributed by atoms with E-state index in [1.54, 1.807) is 6.92 Å². The van der Waals surface area contributed by atoms with Crippen LogP contribution in [0.4, 0.5) is 0 Å². The van der Waals surface area contributed by atoms with E-state index in [2.05, 4.69) is 0 Å². The summed E-state index contributed by atoms with van der Waals surface area (Å²) < 4.78 is 0. The summed E-state index contributed by atoms with van der Waals surface area (Å²) in [6.07, 6.45) is 5.21. The second kappa shape index (κ2) is 5.91. The van der Waals surface area contributed by atoms with Crippen LogP contribution >= 0.6 is 0 Å². The number of rotatable bonds is 4. The van der Waals surface area contributed by atoms with Gasteiger partial charge in [0.25, 0.3) is 0 Å². The number of benzene rings is 2. The average molecular weight is 292 g/mol. The molecule has 2 N–H and O–H groups in total. The normalized spacial score (nSPS) is 19.0. The van der Waals surface area contributed by atoms with Gasteiger partial charge >= 0.3 is 0 Å². The molecule has 2 aromatic carbocycles. The lowest BCUT2D eigenvalue weighted by Gasteiger charge is -2.35. The summed E-state index contributed by atoms with van der Waals surface area (Å²) in [5.74, 6) is -0.189. The van der Waals surface area contributed by atoms with Crippen LogP contribution in [-0.2, 0) is 5.60 Å². The van der Waals surface area contributed by atoms with Crippen molar-refractivity contribution in [1.29, 1.82) is 0 Å². The molecule has 1 aliphatic carbocycles. The topological polar surface area (TPSA) is 40.5 Å². The molecule has 0 saturated heterocycles. The lowest BCUT2D eigenvalue weighted by molar-refractivity contribution is 0.0882. The maximum Gasteiger partial charge on any atom is 0.137 e. The van der Waals surface area contributed by atoms with Gasteiger partial charge in [-0.1, -0.05) is 78.9 Å². The minimum absolute atomic E-state index is 0.189. The molecule has 22 heavy (non-hydrogen) atoms. The van der Waals surface area contributed by atoms with Crippen molar-refractivity contribution in [2.45, 2.75) is 18.6 Å². The van der Waals surface area contributed by atoms with E-state index in [0.29, 0.717) is 0 Å². The van der Waals surface area contributed by atoms with Crippen molar-refractivity contribution in [2.24, 2.45) is 5.92 Å². The Labute approximate surface area is 131 Å². The van der Waals surface area contributed by atoms with E-state index in [0.717, 1.165) is 16.7 Å². The largest absolute Gasteiger partial charge is 0.392 e. The molecule has 0 spiro atoms. The van der Waals surface area contributed by atoms with Gasteiger partial charge in [0.2, 0.25) is 0 Å². The van der Waals surface area contributed by atoms with E-state index in [4.69, 9.17) is 0 Å². The van der Waals surface area contributed by atoms with Gasteiger partial charge in [-0.05, 0) is 23.6 Å². The van der Waals surface area contributed by atoms with E-state index < -0.39 is 11.7 Å². The Bertz CT molecular complexity index is 645. The summed E-state index contributed by atoms with van der Waals surface area (Å²) in [5, 5.41) is 21.7. The average Bonchev–Trinajstić information content (AvgIpc) is 3.06. The summed E-state index contributed by atoms with van der Waals surface area (Å²) in [7, 11) is 0. The maximum absolute atomic E-state index is 11.7. The highest BCUT2D eigenvalue weighted by atomic mass is 16.3. The van der Waals surface area contributed by atoms with Gasteiger partial charge in [-0.25, -0.2) is 0 Å². The predicted molar refractivity (Wildman–Crippen MR) is 88.3 cm³/mol. The van der Waals surface area contributed by atoms with Gasteiger partial charge in [-0.2, -0.15) is 0 Å². The van der Waals surface area contributed by atoms with Crippen LogP contribution in [0, 0.1) is 5.92 Å². The van der Waals surface area contributed by atoms with Gasteiger partial charge in [0.05, 0.1) is 6.10 Å². The molecule has 0 fully saturated rings. The molecular formula is C20H20O2. The van der Waals surface area contributed by atoms with Crippen molar-refractivity contribution in [2.75, 3.05) is 0 Å². The summed E-state index contributed by atoms with van der Waals surface area (Å²) in [5.41, 5.74) is 1.18. The van der Waals surface area contributed by atoms with Gasteiger partial charge in [0, 0.05) is 5.92 Å². The number of hydrogen-bond acceptors (Lipinski definition) is 2. The van der Waals surface area contributed by atoms with Crippen LogP contribution in [0.15, 0.2) is 84.5 Å². The molecule has 2 aromatic rings.